The van der Waals surface area contributed by atoms with E-state index in [1.54, 1.807) is 21.1 Å². The Morgan fingerprint density at radius 3 is 2.33 bits per heavy atom. The molecule has 130 valence electrons. The van der Waals surface area contributed by atoms with Crippen LogP contribution in [0, 0.1) is 6.92 Å². The fourth-order valence-electron chi connectivity index (χ4n) is 2.35. The van der Waals surface area contributed by atoms with Crippen molar-refractivity contribution in [3.05, 3.63) is 46.9 Å². The first-order valence-electron chi connectivity index (χ1n) is 7.86. The highest BCUT2D eigenvalue weighted by Gasteiger charge is 2.23. The van der Waals surface area contributed by atoms with E-state index in [-0.39, 0.29) is 11.3 Å². The van der Waals surface area contributed by atoms with Crippen LogP contribution < -0.4 is 14.8 Å². The van der Waals surface area contributed by atoms with Gasteiger partial charge in [-0.05, 0) is 30.7 Å². The van der Waals surface area contributed by atoms with Crippen LogP contribution in [-0.4, -0.2) is 20.1 Å². The normalized spacial score (nSPS) is 11.2. The van der Waals surface area contributed by atoms with Gasteiger partial charge >= 0.3 is 0 Å². The summed E-state index contributed by atoms with van der Waals surface area (Å²) in [6.07, 6.45) is 0. The first kappa shape index (κ1) is 17.9. The maximum atomic E-state index is 12.4. The molecule has 0 saturated carbocycles. The minimum atomic E-state index is -0.151. The van der Waals surface area contributed by atoms with Crippen LogP contribution in [0.25, 0.3) is 0 Å². The second-order valence-corrected chi connectivity index (χ2v) is 6.70. The molecule has 0 fully saturated rings. The zero-order valence-corrected chi connectivity index (χ0v) is 15.1. The molecule has 0 atom stereocenters. The van der Waals surface area contributed by atoms with Crippen molar-refractivity contribution in [2.75, 3.05) is 14.2 Å². The van der Waals surface area contributed by atoms with E-state index in [2.05, 4.69) is 26.1 Å². The Morgan fingerprint density at radius 2 is 1.79 bits per heavy atom. The molecule has 1 heterocycles. The fourth-order valence-corrected chi connectivity index (χ4v) is 2.35. The lowest BCUT2D eigenvalue weighted by molar-refractivity contribution is 0.0949. The van der Waals surface area contributed by atoms with Gasteiger partial charge in [0.2, 0.25) is 0 Å². The first-order valence-corrected chi connectivity index (χ1v) is 7.86. The molecule has 0 radical (unpaired) electrons. The molecule has 0 aliphatic heterocycles. The minimum absolute atomic E-state index is 0.132. The van der Waals surface area contributed by atoms with E-state index < -0.39 is 0 Å². The highest BCUT2D eigenvalue weighted by molar-refractivity contribution is 5.95. The number of benzene rings is 1. The third kappa shape index (κ3) is 3.91. The van der Waals surface area contributed by atoms with Gasteiger partial charge in [-0.3, -0.25) is 4.79 Å². The maximum Gasteiger partial charge on any atom is 0.255 e. The van der Waals surface area contributed by atoms with E-state index in [1.165, 1.54) is 0 Å². The number of furan rings is 1. The summed E-state index contributed by atoms with van der Waals surface area (Å²) in [5, 5.41) is 2.91. The summed E-state index contributed by atoms with van der Waals surface area (Å²) >= 11 is 0. The van der Waals surface area contributed by atoms with Crippen molar-refractivity contribution in [2.24, 2.45) is 0 Å². The standard InChI is InChI=1S/C19H25NO4/c1-12-14(10-17(24-12)19(2,3)4)18(21)20-11-13-7-8-15(22-5)16(9-13)23-6/h7-10H,11H2,1-6H3,(H,20,21). The summed E-state index contributed by atoms with van der Waals surface area (Å²) in [5.41, 5.74) is 1.37. The van der Waals surface area contributed by atoms with E-state index >= 15 is 0 Å². The van der Waals surface area contributed by atoms with Gasteiger partial charge < -0.3 is 19.2 Å². The molecule has 5 nitrogen and oxygen atoms in total. The van der Waals surface area contributed by atoms with Crippen LogP contribution in [0.1, 0.15) is 48.2 Å². The average molecular weight is 331 g/mol. The van der Waals surface area contributed by atoms with Crippen molar-refractivity contribution in [3.8, 4) is 11.5 Å². The Labute approximate surface area is 143 Å². The van der Waals surface area contributed by atoms with Crippen molar-refractivity contribution < 1.29 is 18.7 Å². The van der Waals surface area contributed by atoms with Gasteiger partial charge in [0.25, 0.3) is 5.91 Å². The SMILES string of the molecule is COc1ccc(CNC(=O)c2cc(C(C)(C)C)oc2C)cc1OC. The molecule has 0 saturated heterocycles. The van der Waals surface area contributed by atoms with Gasteiger partial charge in [0.15, 0.2) is 11.5 Å². The van der Waals surface area contributed by atoms with Crippen LogP contribution in [0.2, 0.25) is 0 Å². The number of hydrogen-bond acceptors (Lipinski definition) is 4. The Bertz CT molecular complexity index is 725. The minimum Gasteiger partial charge on any atom is -0.493 e. The van der Waals surface area contributed by atoms with E-state index in [0.717, 1.165) is 11.3 Å². The molecule has 1 amide bonds. The molecular weight excluding hydrogens is 306 g/mol. The van der Waals surface area contributed by atoms with Gasteiger partial charge in [0.05, 0.1) is 19.8 Å². The zero-order valence-electron chi connectivity index (χ0n) is 15.1. The number of nitrogens with one attached hydrogen (secondary N) is 1. The molecule has 24 heavy (non-hydrogen) atoms. The van der Waals surface area contributed by atoms with E-state index in [1.807, 2.05) is 24.3 Å². The molecule has 1 aromatic heterocycles. The van der Waals surface area contributed by atoms with Gasteiger partial charge in [-0.15, -0.1) is 0 Å². The smallest absolute Gasteiger partial charge is 0.255 e. The quantitative estimate of drug-likeness (QED) is 0.904. The van der Waals surface area contributed by atoms with Crippen molar-refractivity contribution in [3.63, 3.8) is 0 Å². The van der Waals surface area contributed by atoms with E-state index in [0.29, 0.717) is 29.4 Å². The lowest BCUT2D eigenvalue weighted by atomic mass is 9.93. The number of aryl methyl sites for hydroxylation is 1. The third-order valence-corrected chi connectivity index (χ3v) is 3.80. The van der Waals surface area contributed by atoms with Gasteiger partial charge in [-0.2, -0.15) is 0 Å². The number of rotatable bonds is 5. The summed E-state index contributed by atoms with van der Waals surface area (Å²) in [6, 6.07) is 7.38. The molecule has 0 bridgehead atoms. The molecule has 1 N–H and O–H groups in total. The third-order valence-electron chi connectivity index (χ3n) is 3.80. The monoisotopic (exact) mass is 331 g/mol. The van der Waals surface area contributed by atoms with E-state index in [9.17, 15) is 4.79 Å². The Balaban J connectivity index is 2.10. The second kappa shape index (κ2) is 6.99. The molecular formula is C19H25NO4. The molecule has 1 aromatic carbocycles. The van der Waals surface area contributed by atoms with Gasteiger partial charge in [0.1, 0.15) is 11.5 Å². The van der Waals surface area contributed by atoms with Gasteiger partial charge in [0, 0.05) is 12.0 Å². The summed E-state index contributed by atoms with van der Waals surface area (Å²) in [4.78, 5) is 12.4. The largest absolute Gasteiger partial charge is 0.493 e. The maximum absolute atomic E-state index is 12.4. The number of amides is 1. The predicted molar refractivity (Wildman–Crippen MR) is 92.9 cm³/mol. The molecule has 0 unspecified atom stereocenters. The molecule has 2 aromatic rings. The van der Waals surface area contributed by atoms with Crippen LogP contribution in [-0.2, 0) is 12.0 Å². The summed E-state index contributed by atoms with van der Waals surface area (Å²) in [5.74, 6) is 2.58. The molecule has 0 aliphatic rings. The van der Waals surface area contributed by atoms with Crippen LogP contribution in [0.3, 0.4) is 0 Å². The highest BCUT2D eigenvalue weighted by Crippen LogP contribution is 2.28. The number of ether oxygens (including phenoxy) is 2. The summed E-state index contributed by atoms with van der Waals surface area (Å²) < 4.78 is 16.2. The molecule has 5 heteroatoms. The van der Waals surface area contributed by atoms with Gasteiger partial charge in [-0.1, -0.05) is 26.8 Å². The number of methoxy groups -OCH3 is 2. The van der Waals surface area contributed by atoms with Crippen molar-refractivity contribution in [1.29, 1.82) is 0 Å². The van der Waals surface area contributed by atoms with Crippen molar-refractivity contribution in [2.45, 2.75) is 39.7 Å². The summed E-state index contributed by atoms with van der Waals surface area (Å²) in [7, 11) is 3.18. The summed E-state index contributed by atoms with van der Waals surface area (Å²) in [6.45, 7) is 8.36. The van der Waals surface area contributed by atoms with Crippen LogP contribution >= 0.6 is 0 Å². The molecule has 2 rings (SSSR count). The topological polar surface area (TPSA) is 60.7 Å². The fraction of sp³-hybridized carbons (Fsp3) is 0.421. The highest BCUT2D eigenvalue weighted by atomic mass is 16.5. The van der Waals surface area contributed by atoms with Gasteiger partial charge in [-0.25, -0.2) is 0 Å². The average Bonchev–Trinajstić information content (AvgIpc) is 2.94. The van der Waals surface area contributed by atoms with Crippen LogP contribution in [0.15, 0.2) is 28.7 Å². The Hall–Kier alpha value is -2.43. The van der Waals surface area contributed by atoms with Crippen LogP contribution in [0.5, 0.6) is 11.5 Å². The number of carbonyl (C=O) groups is 1. The Morgan fingerprint density at radius 1 is 1.12 bits per heavy atom. The predicted octanol–water partition coefficient (Wildman–Crippen LogP) is 3.83. The molecule has 0 aliphatic carbocycles. The van der Waals surface area contributed by atoms with Crippen molar-refractivity contribution >= 4 is 5.91 Å². The lowest BCUT2D eigenvalue weighted by Crippen LogP contribution is -2.23. The van der Waals surface area contributed by atoms with Crippen molar-refractivity contribution in [1.82, 2.24) is 5.32 Å². The number of carbonyl (C=O) groups excluding carboxylic acids is 1. The Kier molecular flexibility index (Phi) is 5.22. The lowest BCUT2D eigenvalue weighted by Gasteiger charge is -2.13. The first-order chi connectivity index (χ1) is 11.3. The number of hydrogen-bond donors (Lipinski definition) is 1. The van der Waals surface area contributed by atoms with E-state index in [4.69, 9.17) is 13.9 Å². The molecule has 0 spiro atoms. The van der Waals surface area contributed by atoms with Crippen LogP contribution in [0.4, 0.5) is 0 Å². The second-order valence-electron chi connectivity index (χ2n) is 6.70. The zero-order chi connectivity index (χ0) is 17.9.